The van der Waals surface area contributed by atoms with Crippen molar-refractivity contribution in [3.63, 3.8) is 0 Å². The molecular formula is C29H32FN5O5S2. The van der Waals surface area contributed by atoms with Gasteiger partial charge in [-0.25, -0.2) is 21.8 Å². The molecule has 222 valence electrons. The third-order valence-corrected chi connectivity index (χ3v) is 9.72. The number of thiazole rings is 1. The van der Waals surface area contributed by atoms with Crippen molar-refractivity contribution in [3.05, 3.63) is 65.4 Å². The van der Waals surface area contributed by atoms with Gasteiger partial charge in [-0.2, -0.15) is 0 Å². The van der Waals surface area contributed by atoms with Crippen LogP contribution in [0.3, 0.4) is 0 Å². The third kappa shape index (κ3) is 6.18. The van der Waals surface area contributed by atoms with Crippen LogP contribution >= 0.6 is 11.3 Å². The molecule has 2 atom stereocenters. The number of para-hydroxylation sites is 1. The Hall–Kier alpha value is -3.81. The highest BCUT2D eigenvalue weighted by atomic mass is 32.2. The fourth-order valence-electron chi connectivity index (χ4n) is 4.94. The van der Waals surface area contributed by atoms with Crippen LogP contribution in [-0.4, -0.2) is 66.3 Å². The lowest BCUT2D eigenvalue weighted by Gasteiger charge is -2.37. The standard InChI is InChI=1S/C29H32FN5O5S2/c1-17(2)42(38,39)35-15-24(23-7-5-6-8-26(23)35)28(37)31-12-27(36)33-29-32-25(16-41-29)20-9-21(30)11-22(10-20)34-13-18(3)40-19(4)14-34/h5-11,15-19H,12-14H2,1-4H3,(H,31,37)(H,32,33,36)/t18-,19+. The molecule has 1 fully saturated rings. The molecular weight excluding hydrogens is 581 g/mol. The van der Waals surface area contributed by atoms with E-state index in [1.54, 1.807) is 43.5 Å². The zero-order valence-electron chi connectivity index (χ0n) is 23.6. The normalized spacial score (nSPS) is 17.5. The molecule has 1 aliphatic rings. The molecule has 0 radical (unpaired) electrons. The first-order chi connectivity index (χ1) is 19.9. The molecule has 2 aromatic carbocycles. The Balaban J connectivity index is 1.26. The van der Waals surface area contributed by atoms with Gasteiger partial charge in [-0.15, -0.1) is 11.3 Å². The number of nitrogens with one attached hydrogen (secondary N) is 2. The van der Waals surface area contributed by atoms with Gasteiger partial charge in [-0.1, -0.05) is 18.2 Å². The van der Waals surface area contributed by atoms with Crippen LogP contribution in [0.15, 0.2) is 54.0 Å². The maximum atomic E-state index is 14.6. The summed E-state index contributed by atoms with van der Waals surface area (Å²) in [5, 5.41) is 7.00. The van der Waals surface area contributed by atoms with Crippen molar-refractivity contribution in [2.45, 2.75) is 45.2 Å². The first-order valence-corrected chi connectivity index (χ1v) is 15.9. The van der Waals surface area contributed by atoms with Crippen LogP contribution in [0.1, 0.15) is 38.1 Å². The number of amides is 2. The van der Waals surface area contributed by atoms with E-state index in [1.165, 1.54) is 29.7 Å². The molecule has 0 unspecified atom stereocenters. The fourth-order valence-corrected chi connectivity index (χ4v) is 6.82. The predicted molar refractivity (Wildman–Crippen MR) is 162 cm³/mol. The number of carbonyl (C=O) groups excluding carboxylic acids is 2. The first-order valence-electron chi connectivity index (χ1n) is 13.5. The Kier molecular flexibility index (Phi) is 8.35. The Morgan fingerprint density at radius 2 is 1.86 bits per heavy atom. The van der Waals surface area contributed by atoms with Gasteiger partial charge in [0, 0.05) is 41.3 Å². The predicted octanol–water partition coefficient (Wildman–Crippen LogP) is 4.47. The van der Waals surface area contributed by atoms with Crippen molar-refractivity contribution in [2.24, 2.45) is 0 Å². The van der Waals surface area contributed by atoms with E-state index < -0.39 is 32.9 Å². The number of anilines is 2. The van der Waals surface area contributed by atoms with E-state index in [0.29, 0.717) is 40.4 Å². The summed E-state index contributed by atoms with van der Waals surface area (Å²) in [7, 11) is -3.71. The maximum Gasteiger partial charge on any atom is 0.253 e. The number of rotatable bonds is 8. The Bertz CT molecular complexity index is 1740. The second kappa shape index (κ2) is 11.8. The number of benzene rings is 2. The molecule has 0 saturated carbocycles. The summed E-state index contributed by atoms with van der Waals surface area (Å²) in [6.07, 6.45) is 1.33. The first kappa shape index (κ1) is 29.7. The van der Waals surface area contributed by atoms with Gasteiger partial charge in [0.1, 0.15) is 5.82 Å². The molecule has 42 heavy (non-hydrogen) atoms. The van der Waals surface area contributed by atoms with Crippen LogP contribution in [0.25, 0.3) is 22.2 Å². The van der Waals surface area contributed by atoms with Crippen molar-refractivity contribution < 1.29 is 27.1 Å². The number of hydrogen-bond acceptors (Lipinski definition) is 8. The molecule has 0 aliphatic carbocycles. The molecule has 1 aliphatic heterocycles. The third-order valence-electron chi connectivity index (χ3n) is 6.92. The van der Waals surface area contributed by atoms with Crippen LogP contribution in [0.4, 0.5) is 15.2 Å². The minimum atomic E-state index is -3.71. The lowest BCUT2D eigenvalue weighted by atomic mass is 10.1. The van der Waals surface area contributed by atoms with Gasteiger partial charge in [0.2, 0.25) is 15.9 Å². The molecule has 0 bridgehead atoms. The van der Waals surface area contributed by atoms with E-state index >= 15 is 0 Å². The second-order valence-electron chi connectivity index (χ2n) is 10.6. The number of halogens is 1. The van der Waals surface area contributed by atoms with E-state index in [4.69, 9.17) is 4.74 Å². The SMILES string of the molecule is CC(C)S(=O)(=O)n1cc(C(=O)NCC(=O)Nc2nc(-c3cc(F)cc(N4C[C@@H](C)O[C@@H](C)C4)c3)cs2)c2ccccc21. The molecule has 2 aromatic heterocycles. The van der Waals surface area contributed by atoms with Gasteiger partial charge in [-0.3, -0.25) is 9.59 Å². The quantitative estimate of drug-likeness (QED) is 0.301. The maximum absolute atomic E-state index is 14.6. The molecule has 0 spiro atoms. The molecule has 1 saturated heterocycles. The van der Waals surface area contributed by atoms with Crippen LogP contribution < -0.4 is 15.5 Å². The number of morpholine rings is 1. The highest BCUT2D eigenvalue weighted by Gasteiger charge is 2.25. The number of fused-ring (bicyclic) bond motifs is 1. The van der Waals surface area contributed by atoms with Gasteiger partial charge < -0.3 is 20.3 Å². The number of carbonyl (C=O) groups is 2. The van der Waals surface area contributed by atoms with Gasteiger partial charge >= 0.3 is 0 Å². The zero-order valence-corrected chi connectivity index (χ0v) is 25.3. The summed E-state index contributed by atoms with van der Waals surface area (Å²) in [5.74, 6) is -1.49. The number of nitrogens with zero attached hydrogens (tertiary/aromatic N) is 3. The van der Waals surface area contributed by atoms with Crippen molar-refractivity contribution in [2.75, 3.05) is 29.9 Å². The van der Waals surface area contributed by atoms with Crippen LogP contribution in [0, 0.1) is 5.82 Å². The molecule has 3 heterocycles. The van der Waals surface area contributed by atoms with Crippen molar-refractivity contribution >= 4 is 54.9 Å². The van der Waals surface area contributed by atoms with Gasteiger partial charge in [0.25, 0.3) is 5.91 Å². The average molecular weight is 614 g/mol. The smallest absolute Gasteiger partial charge is 0.253 e. The van der Waals surface area contributed by atoms with E-state index in [-0.39, 0.29) is 24.3 Å². The van der Waals surface area contributed by atoms with Crippen LogP contribution in [0.2, 0.25) is 0 Å². The zero-order chi connectivity index (χ0) is 30.2. The van der Waals surface area contributed by atoms with E-state index in [1.807, 2.05) is 19.9 Å². The van der Waals surface area contributed by atoms with Crippen molar-refractivity contribution in [1.29, 1.82) is 0 Å². The summed E-state index contributed by atoms with van der Waals surface area (Å²) >= 11 is 1.18. The summed E-state index contributed by atoms with van der Waals surface area (Å²) in [5.41, 5.74) is 2.35. The number of ether oxygens (including phenoxy) is 1. The summed E-state index contributed by atoms with van der Waals surface area (Å²) in [6, 6.07) is 11.4. The summed E-state index contributed by atoms with van der Waals surface area (Å²) in [4.78, 5) is 32.2. The van der Waals surface area contributed by atoms with E-state index in [0.717, 1.165) is 9.66 Å². The Morgan fingerprint density at radius 3 is 2.57 bits per heavy atom. The van der Waals surface area contributed by atoms with Gasteiger partial charge in [0.05, 0.1) is 40.8 Å². The second-order valence-corrected chi connectivity index (χ2v) is 13.8. The largest absolute Gasteiger partial charge is 0.372 e. The molecule has 5 rings (SSSR count). The Labute approximate surface area is 247 Å². The number of hydrogen-bond donors (Lipinski definition) is 2. The van der Waals surface area contributed by atoms with Crippen LogP contribution in [0.5, 0.6) is 0 Å². The number of aromatic nitrogens is 2. The molecule has 2 amide bonds. The minimum absolute atomic E-state index is 0.0220. The van der Waals surface area contributed by atoms with Gasteiger partial charge in [0.15, 0.2) is 5.13 Å². The monoisotopic (exact) mass is 613 g/mol. The molecule has 4 aromatic rings. The fraction of sp³-hybridized carbons (Fsp3) is 0.345. The Morgan fingerprint density at radius 1 is 1.14 bits per heavy atom. The lowest BCUT2D eigenvalue weighted by Crippen LogP contribution is -2.45. The van der Waals surface area contributed by atoms with Gasteiger partial charge in [-0.05, 0) is 52.0 Å². The van der Waals surface area contributed by atoms with Crippen molar-refractivity contribution in [1.82, 2.24) is 14.3 Å². The highest BCUT2D eigenvalue weighted by molar-refractivity contribution is 7.90. The highest BCUT2D eigenvalue weighted by Crippen LogP contribution is 2.31. The topological polar surface area (TPSA) is 123 Å². The average Bonchev–Trinajstić information content (AvgIpc) is 3.56. The van der Waals surface area contributed by atoms with E-state index in [9.17, 15) is 22.4 Å². The summed E-state index contributed by atoms with van der Waals surface area (Å²) < 4.78 is 47.1. The van der Waals surface area contributed by atoms with E-state index in [2.05, 4.69) is 20.5 Å². The lowest BCUT2D eigenvalue weighted by molar-refractivity contribution is -0.115. The summed E-state index contributed by atoms with van der Waals surface area (Å²) in [6.45, 7) is 8.03. The minimum Gasteiger partial charge on any atom is -0.372 e. The molecule has 13 heteroatoms. The van der Waals surface area contributed by atoms with Crippen LogP contribution in [-0.2, 0) is 19.6 Å². The van der Waals surface area contributed by atoms with Crippen molar-refractivity contribution in [3.8, 4) is 11.3 Å². The molecule has 10 nitrogen and oxygen atoms in total. The molecule has 2 N–H and O–H groups in total.